The summed E-state index contributed by atoms with van der Waals surface area (Å²) in [4.78, 5) is 15.1. The van der Waals surface area contributed by atoms with Gasteiger partial charge in [0, 0.05) is 6.42 Å². The molecule has 1 unspecified atom stereocenters. The zero-order chi connectivity index (χ0) is 17.5. The number of rotatable bonds is 7. The van der Waals surface area contributed by atoms with Gasteiger partial charge in [0.1, 0.15) is 5.75 Å². The molecule has 0 saturated carbocycles. The molecule has 0 fully saturated rings. The molecule has 0 spiro atoms. The average molecular weight is 327 g/mol. The summed E-state index contributed by atoms with van der Waals surface area (Å²) in [6.07, 6.45) is 0.523. The van der Waals surface area contributed by atoms with Crippen molar-refractivity contribution in [1.29, 1.82) is 0 Å². The molecule has 2 aromatic rings. The Kier molecular flexibility index (Phi) is 5.78. The maximum absolute atomic E-state index is 11.0. The Hall–Kier alpha value is -3.02. The van der Waals surface area contributed by atoms with Crippen LogP contribution in [-0.2, 0) is 11.2 Å². The fourth-order valence-electron chi connectivity index (χ4n) is 2.51. The van der Waals surface area contributed by atoms with Crippen LogP contribution < -0.4 is 16.2 Å². The Bertz CT molecular complexity index is 726. The van der Waals surface area contributed by atoms with Gasteiger partial charge in [-0.15, -0.1) is 0 Å². The number of nitrogens with two attached hydrogens (primary N) is 2. The molecule has 6 heteroatoms. The SMILES string of the molecule is COc1cc(C(CC(=O)O)N=C(N)N)ccc1Cc1ccccc1. The Morgan fingerprint density at radius 1 is 1.21 bits per heavy atom. The number of methoxy groups -OCH3 is 1. The minimum absolute atomic E-state index is 0.145. The summed E-state index contributed by atoms with van der Waals surface area (Å²) in [5.74, 6) is -0.441. The van der Waals surface area contributed by atoms with E-state index in [2.05, 4.69) is 4.99 Å². The molecule has 5 N–H and O–H groups in total. The lowest BCUT2D eigenvalue weighted by Crippen LogP contribution is -2.24. The first-order valence-corrected chi connectivity index (χ1v) is 7.51. The molecular weight excluding hydrogens is 306 g/mol. The molecule has 0 heterocycles. The number of ether oxygens (including phenoxy) is 1. The van der Waals surface area contributed by atoms with E-state index in [0.29, 0.717) is 11.3 Å². The van der Waals surface area contributed by atoms with E-state index < -0.39 is 12.0 Å². The Morgan fingerprint density at radius 3 is 2.50 bits per heavy atom. The second-order valence-corrected chi connectivity index (χ2v) is 5.40. The van der Waals surface area contributed by atoms with Crippen LogP contribution in [0, 0.1) is 0 Å². The summed E-state index contributed by atoms with van der Waals surface area (Å²) in [5, 5.41) is 9.05. The first kappa shape index (κ1) is 17.3. The summed E-state index contributed by atoms with van der Waals surface area (Å²) in [5.41, 5.74) is 13.7. The molecule has 6 nitrogen and oxygen atoms in total. The number of aliphatic carboxylic acids is 1. The predicted octanol–water partition coefficient (Wildman–Crippen LogP) is 2.08. The summed E-state index contributed by atoms with van der Waals surface area (Å²) < 4.78 is 5.46. The number of hydrogen-bond acceptors (Lipinski definition) is 3. The highest BCUT2D eigenvalue weighted by Crippen LogP contribution is 2.29. The zero-order valence-corrected chi connectivity index (χ0v) is 13.5. The van der Waals surface area contributed by atoms with Gasteiger partial charge in [0.25, 0.3) is 0 Å². The minimum atomic E-state index is -0.975. The topological polar surface area (TPSA) is 111 Å². The van der Waals surface area contributed by atoms with Gasteiger partial charge in [0.05, 0.1) is 19.6 Å². The van der Waals surface area contributed by atoms with Crippen LogP contribution in [0.15, 0.2) is 53.5 Å². The van der Waals surface area contributed by atoms with Crippen molar-refractivity contribution in [2.45, 2.75) is 18.9 Å². The third-order valence-electron chi connectivity index (χ3n) is 3.61. The first-order chi connectivity index (χ1) is 11.5. The number of carboxylic acid groups (broad SMARTS) is 1. The molecule has 126 valence electrons. The van der Waals surface area contributed by atoms with Crippen molar-refractivity contribution in [2.75, 3.05) is 7.11 Å². The van der Waals surface area contributed by atoms with Crippen molar-refractivity contribution >= 4 is 11.9 Å². The van der Waals surface area contributed by atoms with Gasteiger partial charge in [-0.2, -0.15) is 0 Å². The van der Waals surface area contributed by atoms with Crippen molar-refractivity contribution in [3.05, 3.63) is 65.2 Å². The van der Waals surface area contributed by atoms with Crippen LogP contribution >= 0.6 is 0 Å². The van der Waals surface area contributed by atoms with E-state index >= 15 is 0 Å². The standard InChI is InChI=1S/C18H21N3O3/c1-24-16-10-13(15(11-17(22)23)21-18(19)20)7-8-14(16)9-12-5-3-2-4-6-12/h2-8,10,15H,9,11H2,1H3,(H,22,23)(H4,19,20,21). The van der Waals surface area contributed by atoms with E-state index in [4.69, 9.17) is 21.3 Å². The maximum Gasteiger partial charge on any atom is 0.305 e. The number of carboxylic acids is 1. The third kappa shape index (κ3) is 4.74. The van der Waals surface area contributed by atoms with Gasteiger partial charge in [-0.1, -0.05) is 42.5 Å². The van der Waals surface area contributed by atoms with Crippen LogP contribution in [0.5, 0.6) is 5.75 Å². The fourth-order valence-corrected chi connectivity index (χ4v) is 2.51. The fraction of sp³-hybridized carbons (Fsp3) is 0.222. The van der Waals surface area contributed by atoms with E-state index in [-0.39, 0.29) is 12.4 Å². The molecule has 0 aliphatic heterocycles. The quantitative estimate of drug-likeness (QED) is 0.532. The van der Waals surface area contributed by atoms with Crippen LogP contribution in [0.25, 0.3) is 0 Å². The Morgan fingerprint density at radius 2 is 1.92 bits per heavy atom. The van der Waals surface area contributed by atoms with Crippen LogP contribution in [0.4, 0.5) is 0 Å². The van der Waals surface area contributed by atoms with Gasteiger partial charge in [-0.05, 0) is 22.8 Å². The highest BCUT2D eigenvalue weighted by molar-refractivity contribution is 5.77. The smallest absolute Gasteiger partial charge is 0.305 e. The zero-order valence-electron chi connectivity index (χ0n) is 13.5. The largest absolute Gasteiger partial charge is 0.496 e. The number of hydrogen-bond donors (Lipinski definition) is 3. The van der Waals surface area contributed by atoms with Gasteiger partial charge >= 0.3 is 5.97 Å². The van der Waals surface area contributed by atoms with Gasteiger partial charge in [0.15, 0.2) is 5.96 Å². The minimum Gasteiger partial charge on any atom is -0.496 e. The van der Waals surface area contributed by atoms with Crippen LogP contribution in [0.1, 0.15) is 29.2 Å². The number of carbonyl (C=O) groups is 1. The highest BCUT2D eigenvalue weighted by Gasteiger charge is 2.17. The van der Waals surface area contributed by atoms with Gasteiger partial charge in [0.2, 0.25) is 0 Å². The molecule has 1 atom stereocenters. The first-order valence-electron chi connectivity index (χ1n) is 7.51. The molecule has 0 saturated heterocycles. The lowest BCUT2D eigenvalue weighted by Gasteiger charge is -2.15. The summed E-state index contributed by atoms with van der Waals surface area (Å²) in [6.45, 7) is 0. The van der Waals surface area contributed by atoms with Gasteiger partial charge < -0.3 is 21.3 Å². The summed E-state index contributed by atoms with van der Waals surface area (Å²) in [6, 6.07) is 14.9. The summed E-state index contributed by atoms with van der Waals surface area (Å²) in [7, 11) is 1.58. The van der Waals surface area contributed by atoms with E-state index in [1.807, 2.05) is 42.5 Å². The molecule has 0 amide bonds. The molecule has 0 aliphatic rings. The molecular formula is C18H21N3O3. The van der Waals surface area contributed by atoms with E-state index in [1.54, 1.807) is 13.2 Å². The molecule has 0 aliphatic carbocycles. The highest BCUT2D eigenvalue weighted by atomic mass is 16.5. The normalized spacial score (nSPS) is 11.5. The van der Waals surface area contributed by atoms with Gasteiger partial charge in [-0.3, -0.25) is 4.79 Å². The number of guanidine groups is 1. The monoisotopic (exact) mass is 327 g/mol. The molecule has 2 aromatic carbocycles. The van der Waals surface area contributed by atoms with Crippen molar-refractivity contribution < 1.29 is 14.6 Å². The molecule has 0 bridgehead atoms. The van der Waals surface area contributed by atoms with E-state index in [0.717, 1.165) is 17.5 Å². The maximum atomic E-state index is 11.0. The number of aliphatic imine (C=N–C) groups is 1. The molecule has 0 aromatic heterocycles. The molecule has 0 radical (unpaired) electrons. The van der Waals surface area contributed by atoms with Crippen LogP contribution in [0.3, 0.4) is 0 Å². The third-order valence-corrected chi connectivity index (χ3v) is 3.61. The van der Waals surface area contributed by atoms with E-state index in [9.17, 15) is 4.79 Å². The Balaban J connectivity index is 2.32. The molecule has 24 heavy (non-hydrogen) atoms. The number of nitrogens with zero attached hydrogens (tertiary/aromatic N) is 1. The van der Waals surface area contributed by atoms with Gasteiger partial charge in [-0.25, -0.2) is 4.99 Å². The Labute approximate surface area is 140 Å². The average Bonchev–Trinajstić information content (AvgIpc) is 2.54. The predicted molar refractivity (Wildman–Crippen MR) is 93.0 cm³/mol. The van der Waals surface area contributed by atoms with Crippen molar-refractivity contribution in [3.63, 3.8) is 0 Å². The lowest BCUT2D eigenvalue weighted by atomic mass is 9.98. The van der Waals surface area contributed by atoms with Crippen molar-refractivity contribution in [1.82, 2.24) is 0 Å². The lowest BCUT2D eigenvalue weighted by molar-refractivity contribution is -0.137. The second-order valence-electron chi connectivity index (χ2n) is 5.40. The number of benzene rings is 2. The summed E-state index contributed by atoms with van der Waals surface area (Å²) >= 11 is 0. The van der Waals surface area contributed by atoms with E-state index in [1.165, 1.54) is 0 Å². The van der Waals surface area contributed by atoms with Crippen molar-refractivity contribution in [2.24, 2.45) is 16.5 Å². The molecule has 2 rings (SSSR count). The van der Waals surface area contributed by atoms with Crippen LogP contribution in [-0.4, -0.2) is 24.1 Å². The second kappa shape index (κ2) is 8.01. The van der Waals surface area contributed by atoms with Crippen molar-refractivity contribution in [3.8, 4) is 5.75 Å². The van der Waals surface area contributed by atoms with Crippen LogP contribution in [0.2, 0.25) is 0 Å².